The van der Waals surface area contributed by atoms with Gasteiger partial charge in [0, 0.05) is 43.7 Å². The SMILES string of the molecule is CC1(C)c2cc(C=C(c3ccccc3)c3ccc4c(c3)c3ccccc3n4-c3ccccc3)ccc2-c2ccc(-c3ccc4c(c3)C(C)(C)c3cc(-c5ccc6c(c5)c5ccccc5n6-c5ccccc5)ccc3-4)cc21. The highest BCUT2D eigenvalue weighted by Crippen LogP contribution is 2.53. The number of aromatic nitrogens is 2. The standard InChI is InChI=1S/C74H54N2/c1-73(2)65-41-47(40-62(48-18-8-5-9-19-48)53-33-39-72-64(43-53)61-25-15-17-27-70(61)76(72)55-22-12-7-13-23-55)28-34-56(65)57-36-30-51(45-66(57)73)52-31-37-59-58-35-29-50(44-67(58)74(3,4)68(59)46-52)49-32-38-71-63(42-49)60-24-14-16-26-69(60)75(71)54-20-10-6-11-21-54/h5-46H,1-4H3. The third kappa shape index (κ3) is 6.66. The molecule has 15 rings (SSSR count). The molecule has 13 aromatic rings. The van der Waals surface area contributed by atoms with Crippen LogP contribution < -0.4 is 0 Å². The largest absolute Gasteiger partial charge is 0.309 e. The van der Waals surface area contributed by atoms with Gasteiger partial charge >= 0.3 is 0 Å². The van der Waals surface area contributed by atoms with Crippen LogP contribution in [-0.2, 0) is 10.8 Å². The van der Waals surface area contributed by atoms with E-state index in [1.165, 1.54) is 144 Å². The van der Waals surface area contributed by atoms with E-state index in [1.807, 2.05) is 0 Å². The van der Waals surface area contributed by atoms with Crippen LogP contribution in [0.5, 0.6) is 0 Å². The van der Waals surface area contributed by atoms with Crippen molar-refractivity contribution in [1.82, 2.24) is 9.13 Å². The minimum atomic E-state index is -0.197. The Bertz CT molecular complexity index is 4540. The van der Waals surface area contributed by atoms with Gasteiger partial charge in [-0.1, -0.05) is 198 Å². The van der Waals surface area contributed by atoms with Crippen molar-refractivity contribution < 1.29 is 0 Å². The molecular weight excluding hydrogens is 917 g/mol. The highest BCUT2D eigenvalue weighted by Gasteiger charge is 2.38. The third-order valence-corrected chi connectivity index (χ3v) is 17.1. The number of fused-ring (bicyclic) bond motifs is 12. The van der Waals surface area contributed by atoms with Crippen LogP contribution in [-0.4, -0.2) is 9.13 Å². The first-order valence-corrected chi connectivity index (χ1v) is 26.7. The summed E-state index contributed by atoms with van der Waals surface area (Å²) in [4.78, 5) is 0. The lowest BCUT2D eigenvalue weighted by Crippen LogP contribution is -2.15. The number of para-hydroxylation sites is 4. The molecule has 0 aliphatic heterocycles. The van der Waals surface area contributed by atoms with Gasteiger partial charge in [0.05, 0.1) is 22.1 Å². The summed E-state index contributed by atoms with van der Waals surface area (Å²) < 4.78 is 4.78. The first-order valence-electron chi connectivity index (χ1n) is 26.7. The molecule has 2 heterocycles. The van der Waals surface area contributed by atoms with E-state index in [-0.39, 0.29) is 10.8 Å². The van der Waals surface area contributed by atoms with E-state index in [9.17, 15) is 0 Å². The molecule has 0 fully saturated rings. The van der Waals surface area contributed by atoms with Gasteiger partial charge in [0.25, 0.3) is 0 Å². The summed E-state index contributed by atoms with van der Waals surface area (Å²) in [6.45, 7) is 9.62. The monoisotopic (exact) mass is 970 g/mol. The van der Waals surface area contributed by atoms with E-state index >= 15 is 0 Å². The van der Waals surface area contributed by atoms with Crippen LogP contribution in [0.2, 0.25) is 0 Å². The van der Waals surface area contributed by atoms with Gasteiger partial charge < -0.3 is 9.13 Å². The molecular formula is C74H54N2. The lowest BCUT2D eigenvalue weighted by molar-refractivity contribution is 0.659. The fourth-order valence-electron chi connectivity index (χ4n) is 13.2. The Morgan fingerprint density at radius 1 is 0.303 bits per heavy atom. The summed E-state index contributed by atoms with van der Waals surface area (Å²) in [6.07, 6.45) is 2.40. The first-order chi connectivity index (χ1) is 37.2. The molecule has 2 heteroatoms. The molecule has 2 aliphatic rings. The highest BCUT2D eigenvalue weighted by atomic mass is 15.0. The van der Waals surface area contributed by atoms with Crippen LogP contribution in [0.15, 0.2) is 249 Å². The second-order valence-electron chi connectivity index (χ2n) is 22.1. The molecule has 76 heavy (non-hydrogen) atoms. The second kappa shape index (κ2) is 16.6. The maximum absolute atomic E-state index is 2.47. The molecule has 0 bridgehead atoms. The van der Waals surface area contributed by atoms with E-state index in [2.05, 4.69) is 292 Å². The van der Waals surface area contributed by atoms with Crippen LogP contribution in [0.1, 0.15) is 66.6 Å². The molecule has 0 atom stereocenters. The highest BCUT2D eigenvalue weighted by molar-refractivity contribution is 6.12. The third-order valence-electron chi connectivity index (χ3n) is 17.1. The lowest BCUT2D eigenvalue weighted by Gasteiger charge is -2.24. The van der Waals surface area contributed by atoms with Crippen LogP contribution in [0.4, 0.5) is 0 Å². The fraction of sp³-hybridized carbons (Fsp3) is 0.0811. The van der Waals surface area contributed by atoms with Crippen LogP contribution in [0.3, 0.4) is 0 Å². The summed E-state index contributed by atoms with van der Waals surface area (Å²) in [5, 5.41) is 5.05. The van der Waals surface area contributed by atoms with E-state index < -0.39 is 0 Å². The summed E-state index contributed by atoms with van der Waals surface area (Å²) in [5.41, 5.74) is 27.5. The van der Waals surface area contributed by atoms with Gasteiger partial charge in [-0.2, -0.15) is 0 Å². The number of hydrogen-bond donors (Lipinski definition) is 0. The van der Waals surface area contributed by atoms with Crippen LogP contribution >= 0.6 is 0 Å². The minimum absolute atomic E-state index is 0.175. The lowest BCUT2D eigenvalue weighted by atomic mass is 9.79. The summed E-state index contributed by atoms with van der Waals surface area (Å²) in [5.74, 6) is 0. The van der Waals surface area contributed by atoms with Crippen LogP contribution in [0.25, 0.3) is 111 Å². The smallest absolute Gasteiger partial charge is 0.0541 e. The topological polar surface area (TPSA) is 9.86 Å². The normalized spacial score (nSPS) is 14.1. The molecule has 0 spiro atoms. The summed E-state index contributed by atoms with van der Waals surface area (Å²) in [6, 6.07) is 92.5. The predicted octanol–water partition coefficient (Wildman–Crippen LogP) is 19.4. The van der Waals surface area contributed by atoms with Crippen molar-refractivity contribution in [2.75, 3.05) is 0 Å². The van der Waals surface area contributed by atoms with E-state index in [4.69, 9.17) is 0 Å². The summed E-state index contributed by atoms with van der Waals surface area (Å²) in [7, 11) is 0. The van der Waals surface area contributed by atoms with Gasteiger partial charge in [-0.15, -0.1) is 0 Å². The van der Waals surface area contributed by atoms with Crippen LogP contribution in [0, 0.1) is 0 Å². The molecule has 0 saturated heterocycles. The number of rotatable bonds is 7. The number of hydrogen-bond acceptors (Lipinski definition) is 0. The van der Waals surface area contributed by atoms with E-state index in [0.29, 0.717) is 0 Å². The van der Waals surface area contributed by atoms with Crippen molar-refractivity contribution in [3.8, 4) is 55.9 Å². The minimum Gasteiger partial charge on any atom is -0.309 e. The molecule has 2 nitrogen and oxygen atoms in total. The van der Waals surface area contributed by atoms with Crippen molar-refractivity contribution in [2.24, 2.45) is 0 Å². The molecule has 0 saturated carbocycles. The quantitative estimate of drug-likeness (QED) is 0.141. The Morgan fingerprint density at radius 3 is 1.20 bits per heavy atom. The zero-order chi connectivity index (χ0) is 50.9. The molecule has 2 aliphatic carbocycles. The van der Waals surface area contributed by atoms with Crippen molar-refractivity contribution >= 4 is 55.3 Å². The molecule has 0 radical (unpaired) electrons. The molecule has 0 amide bonds. The Kier molecular flexibility index (Phi) is 9.69. The molecule has 360 valence electrons. The van der Waals surface area contributed by atoms with E-state index in [0.717, 1.165) is 0 Å². The van der Waals surface area contributed by atoms with E-state index in [1.54, 1.807) is 0 Å². The molecule has 0 N–H and O–H groups in total. The first kappa shape index (κ1) is 44.3. The second-order valence-corrected chi connectivity index (χ2v) is 22.1. The Labute approximate surface area is 444 Å². The van der Waals surface area contributed by atoms with Crippen molar-refractivity contribution in [3.05, 3.63) is 288 Å². The average molecular weight is 971 g/mol. The number of benzene rings is 11. The zero-order valence-electron chi connectivity index (χ0n) is 43.1. The predicted molar refractivity (Wildman–Crippen MR) is 321 cm³/mol. The van der Waals surface area contributed by atoms with Gasteiger partial charge in [-0.3, -0.25) is 0 Å². The summed E-state index contributed by atoms with van der Waals surface area (Å²) >= 11 is 0. The van der Waals surface area contributed by atoms with Gasteiger partial charge in [-0.25, -0.2) is 0 Å². The molecule has 0 unspecified atom stereocenters. The maximum Gasteiger partial charge on any atom is 0.0541 e. The van der Waals surface area contributed by atoms with Gasteiger partial charge in [0.15, 0.2) is 0 Å². The zero-order valence-corrected chi connectivity index (χ0v) is 43.1. The fourth-order valence-corrected chi connectivity index (χ4v) is 13.2. The average Bonchev–Trinajstić information content (AvgIpc) is 4.14. The van der Waals surface area contributed by atoms with Gasteiger partial charge in [0.2, 0.25) is 0 Å². The van der Waals surface area contributed by atoms with Crippen molar-refractivity contribution in [1.29, 1.82) is 0 Å². The maximum atomic E-state index is 2.47. The van der Waals surface area contributed by atoms with Gasteiger partial charge in [0.1, 0.15) is 0 Å². The van der Waals surface area contributed by atoms with Gasteiger partial charge in [-0.05, 0) is 174 Å². The Balaban J connectivity index is 0.757. The molecule has 11 aromatic carbocycles. The number of nitrogens with zero attached hydrogens (tertiary/aromatic N) is 2. The Morgan fingerprint density at radius 2 is 0.684 bits per heavy atom. The van der Waals surface area contributed by atoms with Crippen molar-refractivity contribution in [2.45, 2.75) is 38.5 Å². The Hall–Kier alpha value is -9.24. The molecule has 2 aromatic heterocycles. The van der Waals surface area contributed by atoms with Crippen molar-refractivity contribution in [3.63, 3.8) is 0 Å².